The molecule has 0 amide bonds. The first-order valence-electron chi connectivity index (χ1n) is 9.99. The number of ketones is 1. The Labute approximate surface area is 199 Å². The molecule has 0 spiro atoms. The van der Waals surface area contributed by atoms with Gasteiger partial charge in [-0.15, -0.1) is 0 Å². The van der Waals surface area contributed by atoms with E-state index in [4.69, 9.17) is 11.6 Å². The third-order valence-corrected chi connectivity index (χ3v) is 7.76. The van der Waals surface area contributed by atoms with Crippen LogP contribution >= 0.6 is 11.6 Å². The maximum atomic E-state index is 13.5. The van der Waals surface area contributed by atoms with E-state index in [-0.39, 0.29) is 23.5 Å². The summed E-state index contributed by atoms with van der Waals surface area (Å²) in [7, 11) is -4.31. The number of nitro benzene ring substituents is 1. The van der Waals surface area contributed by atoms with Crippen LogP contribution in [-0.4, -0.2) is 40.5 Å². The molecule has 3 aromatic carbocycles. The second-order valence-corrected chi connectivity index (χ2v) is 10.0. The quantitative estimate of drug-likeness (QED) is 0.310. The van der Waals surface area contributed by atoms with E-state index in [0.29, 0.717) is 16.1 Å². The number of nitro groups is 1. The summed E-state index contributed by atoms with van der Waals surface area (Å²) in [5, 5.41) is 21.0. The number of carbonyl (C=O) groups is 2. The zero-order valence-corrected chi connectivity index (χ0v) is 19.0. The molecule has 4 rings (SSSR count). The highest BCUT2D eigenvalue weighted by Gasteiger charge is 2.42. The topological polar surface area (TPSA) is 135 Å². The SMILES string of the molecule is O=C(O)C(=O)[C@H]1Cc2ccc([N+](=O)[O-])cc2CN1S(=O)(=O)c1ccc(-c2ccc(Cl)cc2)cc1. The van der Waals surface area contributed by atoms with Crippen molar-refractivity contribution >= 4 is 39.1 Å². The summed E-state index contributed by atoms with van der Waals surface area (Å²) in [6.45, 7) is -0.373. The second-order valence-electron chi connectivity index (χ2n) is 7.68. The van der Waals surface area contributed by atoms with Crippen molar-refractivity contribution in [3.63, 3.8) is 0 Å². The maximum absolute atomic E-state index is 13.5. The molecule has 1 N–H and O–H groups in total. The average Bonchev–Trinajstić information content (AvgIpc) is 2.82. The smallest absolute Gasteiger partial charge is 0.373 e. The number of rotatable bonds is 6. The maximum Gasteiger partial charge on any atom is 0.373 e. The summed E-state index contributed by atoms with van der Waals surface area (Å²) in [5.41, 5.74) is 2.13. The standard InChI is InChI=1S/C23H17ClN2O7S/c24-18-6-1-14(2-7-18)15-4-9-20(10-5-15)34(32,33)25-13-17-11-19(26(30)31)8-3-16(17)12-21(25)22(27)23(28)29/h1-11,21H,12-13H2,(H,28,29)/t21-/m1/s1. The van der Waals surface area contributed by atoms with Crippen LogP contribution in [0.15, 0.2) is 71.6 Å². The normalized spacial score (nSPS) is 16.0. The Morgan fingerprint density at radius 3 is 2.12 bits per heavy atom. The zero-order valence-electron chi connectivity index (χ0n) is 17.4. The lowest BCUT2D eigenvalue weighted by atomic mass is 9.93. The Morgan fingerprint density at radius 2 is 1.56 bits per heavy atom. The molecule has 0 saturated heterocycles. The molecular weight excluding hydrogens is 484 g/mol. The summed E-state index contributed by atoms with van der Waals surface area (Å²) < 4.78 is 27.7. The number of nitrogens with zero attached hydrogens (tertiary/aromatic N) is 2. The minimum atomic E-state index is -4.31. The number of aliphatic carboxylic acids is 1. The minimum Gasteiger partial charge on any atom is -0.475 e. The molecule has 0 unspecified atom stereocenters. The predicted molar refractivity (Wildman–Crippen MR) is 123 cm³/mol. The van der Waals surface area contributed by atoms with Gasteiger partial charge in [-0.1, -0.05) is 41.9 Å². The van der Waals surface area contributed by atoms with Crippen LogP contribution in [0, 0.1) is 10.1 Å². The largest absolute Gasteiger partial charge is 0.475 e. The van der Waals surface area contributed by atoms with E-state index < -0.39 is 32.7 Å². The van der Waals surface area contributed by atoms with Gasteiger partial charge in [0.25, 0.3) is 11.5 Å². The van der Waals surface area contributed by atoms with E-state index in [9.17, 15) is 33.2 Å². The van der Waals surface area contributed by atoms with Gasteiger partial charge in [0.05, 0.1) is 15.9 Å². The first kappa shape index (κ1) is 23.6. The first-order valence-corrected chi connectivity index (χ1v) is 11.8. The molecule has 174 valence electrons. The van der Waals surface area contributed by atoms with Crippen LogP contribution in [0.1, 0.15) is 11.1 Å². The van der Waals surface area contributed by atoms with Gasteiger partial charge in [-0.25, -0.2) is 13.2 Å². The number of halogens is 1. The lowest BCUT2D eigenvalue weighted by Crippen LogP contribution is -2.50. The van der Waals surface area contributed by atoms with Crippen molar-refractivity contribution < 1.29 is 28.0 Å². The van der Waals surface area contributed by atoms with Gasteiger partial charge in [-0.05, 0) is 52.9 Å². The highest BCUT2D eigenvalue weighted by molar-refractivity contribution is 7.89. The van der Waals surface area contributed by atoms with E-state index in [1.807, 2.05) is 0 Å². The number of hydrogen-bond acceptors (Lipinski definition) is 6. The van der Waals surface area contributed by atoms with E-state index >= 15 is 0 Å². The van der Waals surface area contributed by atoms with Gasteiger partial charge in [0, 0.05) is 23.7 Å². The third-order valence-electron chi connectivity index (χ3n) is 5.64. The van der Waals surface area contributed by atoms with Gasteiger partial charge in [0.2, 0.25) is 10.0 Å². The number of sulfonamides is 1. The summed E-state index contributed by atoms with van der Waals surface area (Å²) in [6.07, 6.45) is -0.208. The molecule has 9 nitrogen and oxygen atoms in total. The van der Waals surface area contributed by atoms with Crippen molar-refractivity contribution in [2.45, 2.75) is 23.9 Å². The number of Topliss-reactive ketones (excluding diaryl/α,β-unsaturated/α-hetero) is 1. The lowest BCUT2D eigenvalue weighted by molar-refractivity contribution is -0.385. The molecule has 0 radical (unpaired) electrons. The highest BCUT2D eigenvalue weighted by atomic mass is 35.5. The molecule has 1 heterocycles. The van der Waals surface area contributed by atoms with Gasteiger partial charge in [0.1, 0.15) is 0 Å². The average molecular weight is 501 g/mol. The molecule has 0 fully saturated rings. The monoisotopic (exact) mass is 500 g/mol. The summed E-state index contributed by atoms with van der Waals surface area (Å²) in [5.74, 6) is -3.03. The highest BCUT2D eigenvalue weighted by Crippen LogP contribution is 2.32. The van der Waals surface area contributed by atoms with Crippen LogP contribution in [0.3, 0.4) is 0 Å². The Hall–Kier alpha value is -3.60. The number of non-ortho nitro benzene ring substituents is 1. The molecule has 3 aromatic rings. The molecule has 0 saturated carbocycles. The van der Waals surface area contributed by atoms with Crippen molar-refractivity contribution in [3.05, 3.63) is 93.0 Å². The van der Waals surface area contributed by atoms with Gasteiger partial charge < -0.3 is 5.11 Å². The van der Waals surface area contributed by atoms with Crippen molar-refractivity contribution in [3.8, 4) is 11.1 Å². The van der Waals surface area contributed by atoms with Crippen LogP contribution in [0.25, 0.3) is 11.1 Å². The fourth-order valence-electron chi connectivity index (χ4n) is 3.88. The molecule has 1 aliphatic rings. The summed E-state index contributed by atoms with van der Waals surface area (Å²) >= 11 is 5.90. The number of carbonyl (C=O) groups excluding carboxylic acids is 1. The van der Waals surface area contributed by atoms with Crippen LogP contribution in [0.5, 0.6) is 0 Å². The minimum absolute atomic E-state index is 0.137. The molecular formula is C23H17ClN2O7S. The first-order chi connectivity index (χ1) is 16.1. The Balaban J connectivity index is 1.73. The number of hydrogen-bond donors (Lipinski definition) is 1. The molecule has 11 heteroatoms. The molecule has 1 aliphatic heterocycles. The zero-order chi connectivity index (χ0) is 24.6. The lowest BCUT2D eigenvalue weighted by Gasteiger charge is -2.34. The van der Waals surface area contributed by atoms with Crippen LogP contribution in [0.4, 0.5) is 5.69 Å². The van der Waals surface area contributed by atoms with E-state index in [2.05, 4.69) is 0 Å². The van der Waals surface area contributed by atoms with Crippen LogP contribution in [-0.2, 0) is 32.6 Å². The second kappa shape index (κ2) is 8.98. The van der Waals surface area contributed by atoms with Gasteiger partial charge in [-0.2, -0.15) is 4.31 Å². The van der Waals surface area contributed by atoms with Gasteiger partial charge in [-0.3, -0.25) is 14.9 Å². The van der Waals surface area contributed by atoms with E-state index in [1.165, 1.54) is 30.3 Å². The number of fused-ring (bicyclic) bond motifs is 1. The van der Waals surface area contributed by atoms with E-state index in [0.717, 1.165) is 15.4 Å². The van der Waals surface area contributed by atoms with E-state index in [1.54, 1.807) is 36.4 Å². The number of carboxylic acid groups (broad SMARTS) is 1. The predicted octanol–water partition coefficient (Wildman–Crippen LogP) is 3.68. The molecule has 0 aromatic heterocycles. The number of carboxylic acids is 1. The van der Waals surface area contributed by atoms with Crippen molar-refractivity contribution in [1.29, 1.82) is 0 Å². The fourth-order valence-corrected chi connectivity index (χ4v) is 5.57. The van der Waals surface area contributed by atoms with Crippen molar-refractivity contribution in [2.75, 3.05) is 0 Å². The molecule has 0 bridgehead atoms. The molecule has 34 heavy (non-hydrogen) atoms. The van der Waals surface area contributed by atoms with Crippen molar-refractivity contribution in [2.24, 2.45) is 0 Å². The Bertz CT molecular complexity index is 1400. The molecule has 1 atom stereocenters. The van der Waals surface area contributed by atoms with Gasteiger partial charge in [0.15, 0.2) is 0 Å². The summed E-state index contributed by atoms with van der Waals surface area (Å²) in [6, 6.07) is 15.3. The van der Waals surface area contributed by atoms with Gasteiger partial charge >= 0.3 is 5.97 Å². The summed E-state index contributed by atoms with van der Waals surface area (Å²) in [4.78, 5) is 34.2. The van der Waals surface area contributed by atoms with Crippen LogP contribution in [0.2, 0.25) is 5.02 Å². The van der Waals surface area contributed by atoms with Crippen molar-refractivity contribution in [1.82, 2.24) is 4.31 Å². The Kier molecular flexibility index (Phi) is 6.22. The Morgan fingerprint density at radius 1 is 0.971 bits per heavy atom. The molecule has 0 aliphatic carbocycles. The third kappa shape index (κ3) is 4.43. The number of benzene rings is 3. The van der Waals surface area contributed by atoms with Crippen LogP contribution < -0.4 is 0 Å². The fraction of sp³-hybridized carbons (Fsp3) is 0.130.